The van der Waals surface area contributed by atoms with Gasteiger partial charge in [0.2, 0.25) is 0 Å². The van der Waals surface area contributed by atoms with Crippen molar-refractivity contribution in [3.05, 3.63) is 78.2 Å². The summed E-state index contributed by atoms with van der Waals surface area (Å²) in [6, 6.07) is 23.1. The van der Waals surface area contributed by atoms with Crippen molar-refractivity contribution in [1.82, 2.24) is 4.98 Å². The van der Waals surface area contributed by atoms with Gasteiger partial charge in [0.05, 0.1) is 37.0 Å². The van der Waals surface area contributed by atoms with Crippen LogP contribution >= 0.6 is 11.3 Å². The summed E-state index contributed by atoms with van der Waals surface area (Å²) in [5.41, 5.74) is 4.35. The number of nitrogens with one attached hydrogen (secondary N) is 1. The van der Waals surface area contributed by atoms with E-state index in [1.165, 1.54) is 11.3 Å². The fourth-order valence-corrected chi connectivity index (χ4v) is 3.52. The molecule has 4 aromatic rings. The van der Waals surface area contributed by atoms with Crippen molar-refractivity contribution < 1.29 is 9.47 Å². The average Bonchev–Trinajstić information content (AvgIpc) is 3.27. The molecule has 0 saturated carbocycles. The number of azo groups is 1. The Morgan fingerprint density at radius 2 is 1.57 bits per heavy atom. The smallest absolute Gasteiger partial charge is 0.187 e. The van der Waals surface area contributed by atoms with Gasteiger partial charge in [0, 0.05) is 17.0 Å². The summed E-state index contributed by atoms with van der Waals surface area (Å²) in [7, 11) is 3.26. The molecule has 30 heavy (non-hydrogen) atoms. The summed E-state index contributed by atoms with van der Waals surface area (Å²) in [4.78, 5) is 4.68. The van der Waals surface area contributed by atoms with Gasteiger partial charge >= 0.3 is 0 Å². The minimum Gasteiger partial charge on any atom is -0.497 e. The minimum atomic E-state index is 0.694. The Morgan fingerprint density at radius 1 is 0.833 bits per heavy atom. The van der Waals surface area contributed by atoms with Crippen molar-refractivity contribution in [2.45, 2.75) is 0 Å². The van der Waals surface area contributed by atoms with E-state index < -0.39 is 0 Å². The molecule has 0 aliphatic rings. The van der Waals surface area contributed by atoms with E-state index in [2.05, 4.69) is 20.5 Å². The van der Waals surface area contributed by atoms with Crippen LogP contribution in [-0.4, -0.2) is 19.2 Å². The van der Waals surface area contributed by atoms with Crippen LogP contribution in [0.25, 0.3) is 11.3 Å². The van der Waals surface area contributed by atoms with Crippen molar-refractivity contribution in [2.75, 3.05) is 19.5 Å². The van der Waals surface area contributed by atoms with Gasteiger partial charge in [-0.3, -0.25) is 0 Å². The standard InChI is InChI=1S/C23H20N4O2S/c1-28-19-12-13-20(22(14-19)29-2)24-23-25-21(15-30-23)16-8-10-18(11-9-16)27-26-17-6-4-3-5-7-17/h3-15H,1-2H3,(H,24,25). The van der Waals surface area contributed by atoms with Gasteiger partial charge in [-0.1, -0.05) is 30.3 Å². The minimum absolute atomic E-state index is 0.694. The molecule has 0 radical (unpaired) electrons. The maximum atomic E-state index is 5.43. The van der Waals surface area contributed by atoms with Gasteiger partial charge in [-0.2, -0.15) is 10.2 Å². The van der Waals surface area contributed by atoms with Gasteiger partial charge in [-0.05, 0) is 36.4 Å². The number of anilines is 2. The maximum Gasteiger partial charge on any atom is 0.187 e. The largest absolute Gasteiger partial charge is 0.497 e. The van der Waals surface area contributed by atoms with E-state index in [1.54, 1.807) is 14.2 Å². The molecule has 0 aliphatic carbocycles. The van der Waals surface area contributed by atoms with Gasteiger partial charge in [0.25, 0.3) is 0 Å². The number of hydrogen-bond acceptors (Lipinski definition) is 7. The summed E-state index contributed by atoms with van der Waals surface area (Å²) < 4.78 is 10.7. The third-order valence-corrected chi connectivity index (χ3v) is 5.11. The van der Waals surface area contributed by atoms with Gasteiger partial charge in [-0.15, -0.1) is 11.3 Å². The van der Waals surface area contributed by atoms with Crippen LogP contribution in [0.2, 0.25) is 0 Å². The molecule has 0 bridgehead atoms. The molecular formula is C23H20N4O2S. The van der Waals surface area contributed by atoms with E-state index in [0.717, 1.165) is 39.2 Å². The molecule has 0 spiro atoms. The first-order valence-corrected chi connectivity index (χ1v) is 10.1. The lowest BCUT2D eigenvalue weighted by Crippen LogP contribution is -1.95. The number of benzene rings is 3. The van der Waals surface area contributed by atoms with E-state index in [4.69, 9.17) is 9.47 Å². The van der Waals surface area contributed by atoms with Gasteiger partial charge in [-0.25, -0.2) is 4.98 Å². The fourth-order valence-electron chi connectivity index (χ4n) is 2.79. The maximum absolute atomic E-state index is 5.43. The number of thiazole rings is 1. The van der Waals surface area contributed by atoms with Gasteiger partial charge < -0.3 is 14.8 Å². The zero-order valence-corrected chi connectivity index (χ0v) is 17.4. The Morgan fingerprint density at radius 3 is 2.27 bits per heavy atom. The molecule has 0 aliphatic heterocycles. The number of nitrogens with zero attached hydrogens (tertiary/aromatic N) is 3. The Bertz CT molecular complexity index is 1140. The Labute approximate surface area is 178 Å². The molecule has 0 saturated heterocycles. The first-order chi connectivity index (χ1) is 14.7. The Balaban J connectivity index is 1.47. The molecule has 0 atom stereocenters. The van der Waals surface area contributed by atoms with Crippen molar-refractivity contribution in [3.63, 3.8) is 0 Å². The van der Waals surface area contributed by atoms with Crippen LogP contribution in [0.1, 0.15) is 0 Å². The predicted octanol–water partition coefficient (Wildman–Crippen LogP) is 6.99. The highest BCUT2D eigenvalue weighted by Gasteiger charge is 2.09. The molecule has 3 aromatic carbocycles. The van der Waals surface area contributed by atoms with Gasteiger partial charge in [0.15, 0.2) is 5.13 Å². The topological polar surface area (TPSA) is 68.1 Å². The zero-order valence-electron chi connectivity index (χ0n) is 16.6. The van der Waals surface area contributed by atoms with Crippen LogP contribution in [0.15, 0.2) is 88.4 Å². The molecule has 0 amide bonds. The second-order valence-electron chi connectivity index (χ2n) is 6.31. The van der Waals surface area contributed by atoms with Crippen molar-refractivity contribution in [1.29, 1.82) is 0 Å². The summed E-state index contributed by atoms with van der Waals surface area (Å²) in [5, 5.41) is 14.6. The van der Waals surface area contributed by atoms with Crippen LogP contribution in [0.3, 0.4) is 0 Å². The van der Waals surface area contributed by atoms with Crippen LogP contribution < -0.4 is 14.8 Å². The second-order valence-corrected chi connectivity index (χ2v) is 7.17. The lowest BCUT2D eigenvalue weighted by molar-refractivity contribution is 0.395. The molecule has 7 heteroatoms. The molecule has 1 aromatic heterocycles. The van der Waals surface area contributed by atoms with Crippen molar-refractivity contribution in [3.8, 4) is 22.8 Å². The number of hydrogen-bond donors (Lipinski definition) is 1. The van der Waals surface area contributed by atoms with Crippen LogP contribution in [0, 0.1) is 0 Å². The summed E-state index contributed by atoms with van der Waals surface area (Å²) in [5.74, 6) is 1.43. The highest BCUT2D eigenvalue weighted by molar-refractivity contribution is 7.14. The van der Waals surface area contributed by atoms with E-state index in [1.807, 2.05) is 78.2 Å². The number of rotatable bonds is 7. The lowest BCUT2D eigenvalue weighted by atomic mass is 10.1. The molecule has 1 N–H and O–H groups in total. The SMILES string of the molecule is COc1ccc(Nc2nc(-c3ccc(N=Nc4ccccc4)cc3)cs2)c(OC)c1. The zero-order chi connectivity index (χ0) is 20.8. The lowest BCUT2D eigenvalue weighted by Gasteiger charge is -2.10. The molecule has 0 unspecified atom stereocenters. The molecule has 4 rings (SSSR count). The summed E-state index contributed by atoms with van der Waals surface area (Å²) in [6.07, 6.45) is 0. The second kappa shape index (κ2) is 9.19. The monoisotopic (exact) mass is 416 g/mol. The molecular weight excluding hydrogens is 396 g/mol. The summed E-state index contributed by atoms with van der Waals surface area (Å²) >= 11 is 1.53. The third kappa shape index (κ3) is 4.64. The number of ether oxygens (including phenoxy) is 2. The highest BCUT2D eigenvalue weighted by Crippen LogP contribution is 2.34. The number of methoxy groups -OCH3 is 2. The van der Waals surface area contributed by atoms with Crippen LogP contribution in [0.4, 0.5) is 22.2 Å². The molecule has 1 heterocycles. The third-order valence-electron chi connectivity index (χ3n) is 4.35. The Hall–Kier alpha value is -3.71. The van der Waals surface area contributed by atoms with Crippen molar-refractivity contribution >= 4 is 33.5 Å². The highest BCUT2D eigenvalue weighted by atomic mass is 32.1. The predicted molar refractivity (Wildman–Crippen MR) is 121 cm³/mol. The first kappa shape index (κ1) is 19.6. The average molecular weight is 417 g/mol. The summed E-state index contributed by atoms with van der Waals surface area (Å²) in [6.45, 7) is 0. The van der Waals surface area contributed by atoms with Crippen LogP contribution in [-0.2, 0) is 0 Å². The van der Waals surface area contributed by atoms with Gasteiger partial charge in [0.1, 0.15) is 11.5 Å². The van der Waals surface area contributed by atoms with Crippen molar-refractivity contribution in [2.24, 2.45) is 10.2 Å². The van der Waals surface area contributed by atoms with E-state index >= 15 is 0 Å². The van der Waals surface area contributed by atoms with E-state index in [0.29, 0.717) is 5.75 Å². The number of aromatic nitrogens is 1. The molecule has 6 nitrogen and oxygen atoms in total. The molecule has 150 valence electrons. The first-order valence-electron chi connectivity index (χ1n) is 9.27. The Kier molecular flexibility index (Phi) is 6.01. The van der Waals surface area contributed by atoms with E-state index in [-0.39, 0.29) is 0 Å². The van der Waals surface area contributed by atoms with Crippen LogP contribution in [0.5, 0.6) is 11.5 Å². The van der Waals surface area contributed by atoms with E-state index in [9.17, 15) is 0 Å². The quantitative estimate of drug-likeness (QED) is 0.330. The normalized spacial score (nSPS) is 10.9. The molecule has 0 fully saturated rings. The fraction of sp³-hybridized carbons (Fsp3) is 0.0870.